The van der Waals surface area contributed by atoms with Crippen molar-refractivity contribution in [1.29, 1.82) is 0 Å². The molecule has 122 valence electrons. The molecule has 1 saturated carbocycles. The first-order valence-corrected chi connectivity index (χ1v) is 9.01. The average Bonchev–Trinajstić information content (AvgIpc) is 3.04. The van der Waals surface area contributed by atoms with Gasteiger partial charge in [0.05, 0.1) is 0 Å². The van der Waals surface area contributed by atoms with Crippen molar-refractivity contribution in [2.24, 2.45) is 11.7 Å². The summed E-state index contributed by atoms with van der Waals surface area (Å²) in [6, 6.07) is 6.57. The van der Waals surface area contributed by atoms with Crippen LogP contribution in [0.15, 0.2) is 22.7 Å². The van der Waals surface area contributed by atoms with E-state index in [1.54, 1.807) is 0 Å². The molecule has 0 amide bonds. The number of hydrogen-bond donors (Lipinski definition) is 1. The van der Waals surface area contributed by atoms with Crippen LogP contribution < -0.4 is 5.73 Å². The van der Waals surface area contributed by atoms with E-state index in [-0.39, 0.29) is 6.04 Å². The van der Waals surface area contributed by atoms with E-state index >= 15 is 0 Å². The second-order valence-corrected chi connectivity index (χ2v) is 7.14. The van der Waals surface area contributed by atoms with Crippen molar-refractivity contribution in [3.63, 3.8) is 0 Å². The summed E-state index contributed by atoms with van der Waals surface area (Å²) in [5, 5.41) is 4.20. The van der Waals surface area contributed by atoms with Gasteiger partial charge in [0.15, 0.2) is 5.82 Å². The number of hydrogen-bond acceptors (Lipinski definition) is 4. The first kappa shape index (κ1) is 14.9. The maximum absolute atomic E-state index is 6.19. The van der Waals surface area contributed by atoms with Crippen molar-refractivity contribution in [1.82, 2.24) is 10.1 Å². The molecule has 0 saturated heterocycles. The zero-order chi connectivity index (χ0) is 15.6. The summed E-state index contributed by atoms with van der Waals surface area (Å²) >= 11 is 0. The van der Waals surface area contributed by atoms with Gasteiger partial charge in [-0.15, -0.1) is 0 Å². The molecule has 0 radical (unpaired) electrons. The molecular weight excluding hydrogens is 286 g/mol. The van der Waals surface area contributed by atoms with Gasteiger partial charge in [0, 0.05) is 18.0 Å². The zero-order valence-corrected chi connectivity index (χ0v) is 13.6. The maximum atomic E-state index is 6.19. The van der Waals surface area contributed by atoms with Crippen LogP contribution in [0.3, 0.4) is 0 Å². The van der Waals surface area contributed by atoms with Crippen molar-refractivity contribution in [2.45, 2.75) is 63.8 Å². The lowest BCUT2D eigenvalue weighted by atomic mass is 9.87. The lowest BCUT2D eigenvalue weighted by Crippen LogP contribution is -2.17. The van der Waals surface area contributed by atoms with E-state index < -0.39 is 0 Å². The molecule has 2 aliphatic carbocycles. The van der Waals surface area contributed by atoms with Gasteiger partial charge in [0.25, 0.3) is 5.89 Å². The summed E-state index contributed by atoms with van der Waals surface area (Å²) in [5.41, 5.74) is 9.84. The molecule has 1 atom stereocenters. The standard InChI is InChI=1S/C19H25N3O/c20-17-8-4-7-14-12-15(9-10-16(14)17)19-21-18(22-23-19)11-13-5-2-1-3-6-13/h9-10,12-13,17H,1-8,11,20H2. The smallest absolute Gasteiger partial charge is 0.257 e. The van der Waals surface area contributed by atoms with Gasteiger partial charge in [-0.25, -0.2) is 0 Å². The van der Waals surface area contributed by atoms with Gasteiger partial charge in [0.1, 0.15) is 0 Å². The highest BCUT2D eigenvalue weighted by Crippen LogP contribution is 2.31. The largest absolute Gasteiger partial charge is 0.334 e. The quantitative estimate of drug-likeness (QED) is 0.922. The van der Waals surface area contributed by atoms with Gasteiger partial charge < -0.3 is 10.3 Å². The van der Waals surface area contributed by atoms with Crippen LogP contribution in [0.1, 0.15) is 67.9 Å². The number of nitrogens with two attached hydrogens (primary N) is 1. The Bertz CT molecular complexity index is 673. The number of nitrogens with zero attached hydrogens (tertiary/aromatic N) is 2. The number of fused-ring (bicyclic) bond motifs is 1. The fourth-order valence-electron chi connectivity index (χ4n) is 4.09. The van der Waals surface area contributed by atoms with Gasteiger partial charge in [0.2, 0.25) is 0 Å². The van der Waals surface area contributed by atoms with Gasteiger partial charge in [-0.05, 0) is 48.4 Å². The molecular formula is C19H25N3O. The molecule has 0 bridgehead atoms. The van der Waals surface area contributed by atoms with Crippen LogP contribution in [0.4, 0.5) is 0 Å². The van der Waals surface area contributed by atoms with E-state index in [0.717, 1.165) is 43.0 Å². The normalized spacial score (nSPS) is 22.0. The fraction of sp³-hybridized carbons (Fsp3) is 0.579. The minimum Gasteiger partial charge on any atom is -0.334 e. The van der Waals surface area contributed by atoms with Gasteiger partial charge in [-0.3, -0.25) is 0 Å². The highest BCUT2D eigenvalue weighted by molar-refractivity contribution is 5.56. The molecule has 2 N–H and O–H groups in total. The number of benzene rings is 1. The van der Waals surface area contributed by atoms with Crippen molar-refractivity contribution in [3.8, 4) is 11.5 Å². The number of aromatic nitrogens is 2. The summed E-state index contributed by atoms with van der Waals surface area (Å²) in [5.74, 6) is 2.25. The number of rotatable bonds is 3. The Hall–Kier alpha value is -1.68. The van der Waals surface area contributed by atoms with Gasteiger partial charge in [-0.1, -0.05) is 43.3 Å². The van der Waals surface area contributed by atoms with Crippen LogP contribution >= 0.6 is 0 Å². The Morgan fingerprint density at radius 3 is 2.83 bits per heavy atom. The Kier molecular flexibility index (Phi) is 4.17. The van der Waals surface area contributed by atoms with E-state index in [9.17, 15) is 0 Å². The van der Waals surface area contributed by atoms with Crippen LogP contribution in [-0.2, 0) is 12.8 Å². The van der Waals surface area contributed by atoms with Crippen LogP contribution in [-0.4, -0.2) is 10.1 Å². The first-order chi connectivity index (χ1) is 11.3. The zero-order valence-electron chi connectivity index (χ0n) is 13.6. The lowest BCUT2D eigenvalue weighted by Gasteiger charge is -2.22. The molecule has 4 nitrogen and oxygen atoms in total. The average molecular weight is 311 g/mol. The molecule has 4 rings (SSSR count). The van der Waals surface area contributed by atoms with Crippen molar-refractivity contribution in [2.75, 3.05) is 0 Å². The molecule has 1 fully saturated rings. The molecule has 0 spiro atoms. The van der Waals surface area contributed by atoms with E-state index in [0.29, 0.717) is 5.89 Å². The summed E-state index contributed by atoms with van der Waals surface area (Å²) in [6.45, 7) is 0. The van der Waals surface area contributed by atoms with Crippen molar-refractivity contribution >= 4 is 0 Å². The third kappa shape index (κ3) is 3.18. The third-order valence-electron chi connectivity index (χ3n) is 5.41. The Labute approximate surface area is 137 Å². The van der Waals surface area contributed by atoms with E-state index in [4.69, 9.17) is 10.3 Å². The Morgan fingerprint density at radius 1 is 1.09 bits per heavy atom. The highest BCUT2D eigenvalue weighted by Gasteiger charge is 2.20. The minimum absolute atomic E-state index is 0.178. The van der Waals surface area contributed by atoms with Crippen molar-refractivity contribution < 1.29 is 4.52 Å². The topological polar surface area (TPSA) is 64.9 Å². The van der Waals surface area contributed by atoms with Crippen LogP contribution in [0.5, 0.6) is 0 Å². The second-order valence-electron chi connectivity index (χ2n) is 7.14. The maximum Gasteiger partial charge on any atom is 0.257 e. The summed E-state index contributed by atoms with van der Waals surface area (Å²) < 4.78 is 5.52. The van der Waals surface area contributed by atoms with E-state index in [2.05, 4.69) is 28.3 Å². The molecule has 23 heavy (non-hydrogen) atoms. The Balaban J connectivity index is 1.52. The number of aryl methyl sites for hydroxylation is 1. The molecule has 1 heterocycles. The van der Waals surface area contributed by atoms with E-state index in [1.165, 1.54) is 43.2 Å². The van der Waals surface area contributed by atoms with Gasteiger partial charge >= 0.3 is 0 Å². The third-order valence-corrected chi connectivity index (χ3v) is 5.41. The molecule has 0 aliphatic heterocycles. The fourth-order valence-corrected chi connectivity index (χ4v) is 4.09. The van der Waals surface area contributed by atoms with Crippen LogP contribution in [0, 0.1) is 5.92 Å². The summed E-state index contributed by atoms with van der Waals surface area (Å²) in [4.78, 5) is 4.63. The van der Waals surface area contributed by atoms with Crippen LogP contribution in [0.25, 0.3) is 11.5 Å². The molecule has 1 aromatic carbocycles. The molecule has 1 unspecified atom stereocenters. The minimum atomic E-state index is 0.178. The molecule has 2 aromatic rings. The monoisotopic (exact) mass is 311 g/mol. The highest BCUT2D eigenvalue weighted by atomic mass is 16.5. The van der Waals surface area contributed by atoms with Crippen molar-refractivity contribution in [3.05, 3.63) is 35.2 Å². The lowest BCUT2D eigenvalue weighted by molar-refractivity contribution is 0.343. The SMILES string of the molecule is NC1CCCc2cc(-c3nc(CC4CCCCC4)no3)ccc21. The summed E-state index contributed by atoms with van der Waals surface area (Å²) in [6.07, 6.45) is 11.0. The van der Waals surface area contributed by atoms with Gasteiger partial charge in [-0.2, -0.15) is 4.98 Å². The second kappa shape index (κ2) is 6.44. The van der Waals surface area contributed by atoms with E-state index in [1.807, 2.05) is 0 Å². The molecule has 1 aromatic heterocycles. The van der Waals surface area contributed by atoms with Crippen LogP contribution in [0.2, 0.25) is 0 Å². The predicted octanol–water partition coefficient (Wildman–Crippen LogP) is 4.20. The first-order valence-electron chi connectivity index (χ1n) is 9.01. The molecule has 4 heteroatoms. The Morgan fingerprint density at radius 2 is 1.96 bits per heavy atom. The predicted molar refractivity (Wildman–Crippen MR) is 89.9 cm³/mol. The summed E-state index contributed by atoms with van der Waals surface area (Å²) in [7, 11) is 0. The molecule has 2 aliphatic rings.